The normalized spacial score (nSPS) is 11.3. The standard InChI is InChI=1S/C11H12F3NO3/c1-15(6-5-11(12,13)14)10(18)7-3-2-4-8(16)9(7)17/h2-4,16-17H,5-6H2,1H3. The largest absolute Gasteiger partial charge is 0.504 e. The van der Waals surface area contributed by atoms with Crippen molar-refractivity contribution in [1.29, 1.82) is 0 Å². The third-order valence-corrected chi connectivity index (χ3v) is 2.32. The van der Waals surface area contributed by atoms with Gasteiger partial charge in [-0.25, -0.2) is 0 Å². The van der Waals surface area contributed by atoms with Crippen LogP contribution in [0, 0.1) is 0 Å². The molecule has 4 nitrogen and oxygen atoms in total. The summed E-state index contributed by atoms with van der Waals surface area (Å²) < 4.78 is 36.0. The third kappa shape index (κ3) is 3.54. The van der Waals surface area contributed by atoms with E-state index in [1.54, 1.807) is 0 Å². The molecule has 0 atom stereocenters. The fourth-order valence-electron chi connectivity index (χ4n) is 1.31. The van der Waals surface area contributed by atoms with E-state index in [9.17, 15) is 28.2 Å². The fourth-order valence-corrected chi connectivity index (χ4v) is 1.31. The average molecular weight is 263 g/mol. The van der Waals surface area contributed by atoms with E-state index in [0.29, 0.717) is 0 Å². The lowest BCUT2D eigenvalue weighted by atomic mass is 10.1. The molecule has 0 aliphatic heterocycles. The van der Waals surface area contributed by atoms with Gasteiger partial charge in [-0.1, -0.05) is 6.07 Å². The van der Waals surface area contributed by atoms with Gasteiger partial charge in [0.2, 0.25) is 0 Å². The van der Waals surface area contributed by atoms with Gasteiger partial charge in [-0.3, -0.25) is 4.79 Å². The molecule has 0 heterocycles. The molecular weight excluding hydrogens is 251 g/mol. The average Bonchev–Trinajstić information content (AvgIpc) is 2.28. The molecule has 0 saturated heterocycles. The van der Waals surface area contributed by atoms with Crippen LogP contribution in [-0.2, 0) is 0 Å². The van der Waals surface area contributed by atoms with Crippen LogP contribution in [-0.4, -0.2) is 40.8 Å². The summed E-state index contributed by atoms with van der Waals surface area (Å²) in [5, 5.41) is 18.6. The van der Waals surface area contributed by atoms with Crippen LogP contribution in [0.15, 0.2) is 18.2 Å². The van der Waals surface area contributed by atoms with Crippen LogP contribution in [0.3, 0.4) is 0 Å². The predicted molar refractivity (Wildman–Crippen MR) is 57.4 cm³/mol. The molecule has 0 fully saturated rings. The molecule has 0 spiro atoms. The van der Waals surface area contributed by atoms with Gasteiger partial charge in [0, 0.05) is 13.6 Å². The summed E-state index contributed by atoms with van der Waals surface area (Å²) in [6.07, 6.45) is -5.48. The van der Waals surface area contributed by atoms with Crippen molar-refractivity contribution in [3.63, 3.8) is 0 Å². The van der Waals surface area contributed by atoms with Crippen LogP contribution < -0.4 is 0 Å². The van der Waals surface area contributed by atoms with Gasteiger partial charge in [-0.05, 0) is 12.1 Å². The van der Waals surface area contributed by atoms with E-state index in [1.807, 2.05) is 0 Å². The van der Waals surface area contributed by atoms with E-state index in [4.69, 9.17) is 0 Å². The molecule has 7 heteroatoms. The number of hydrogen-bond acceptors (Lipinski definition) is 3. The van der Waals surface area contributed by atoms with E-state index < -0.39 is 36.5 Å². The molecule has 0 unspecified atom stereocenters. The molecule has 1 amide bonds. The number of halogens is 3. The number of carbonyl (C=O) groups excluding carboxylic acids is 1. The Labute approximate surface area is 101 Å². The number of amides is 1. The molecule has 1 rings (SSSR count). The maximum absolute atomic E-state index is 12.0. The zero-order valence-electron chi connectivity index (χ0n) is 9.53. The Kier molecular flexibility index (Phi) is 4.05. The minimum Gasteiger partial charge on any atom is -0.504 e. The lowest BCUT2D eigenvalue weighted by Gasteiger charge is -2.18. The van der Waals surface area contributed by atoms with E-state index in [-0.39, 0.29) is 5.56 Å². The smallest absolute Gasteiger partial charge is 0.390 e. The molecule has 1 aromatic carbocycles. The first kappa shape index (κ1) is 14.1. The van der Waals surface area contributed by atoms with Crippen molar-refractivity contribution in [2.24, 2.45) is 0 Å². The molecule has 100 valence electrons. The Morgan fingerprint density at radius 2 is 1.94 bits per heavy atom. The SMILES string of the molecule is CN(CCC(F)(F)F)C(=O)c1cccc(O)c1O. The second-order valence-electron chi connectivity index (χ2n) is 3.77. The highest BCUT2D eigenvalue weighted by molar-refractivity contribution is 5.97. The van der Waals surface area contributed by atoms with Crippen LogP contribution >= 0.6 is 0 Å². The summed E-state index contributed by atoms with van der Waals surface area (Å²) in [4.78, 5) is 12.6. The summed E-state index contributed by atoms with van der Waals surface area (Å²) in [7, 11) is 1.19. The lowest BCUT2D eigenvalue weighted by Crippen LogP contribution is -2.30. The van der Waals surface area contributed by atoms with Crippen molar-refractivity contribution in [3.05, 3.63) is 23.8 Å². The quantitative estimate of drug-likeness (QED) is 0.821. The summed E-state index contributed by atoms with van der Waals surface area (Å²) in [6.45, 7) is -0.516. The minimum absolute atomic E-state index is 0.236. The molecule has 0 aromatic heterocycles. The number of hydrogen-bond donors (Lipinski definition) is 2. The topological polar surface area (TPSA) is 60.8 Å². The first-order valence-corrected chi connectivity index (χ1v) is 5.05. The van der Waals surface area contributed by atoms with Crippen LogP contribution in [0.1, 0.15) is 16.8 Å². The van der Waals surface area contributed by atoms with E-state index in [2.05, 4.69) is 0 Å². The van der Waals surface area contributed by atoms with Crippen molar-refractivity contribution < 1.29 is 28.2 Å². The van der Waals surface area contributed by atoms with Crippen molar-refractivity contribution in [2.45, 2.75) is 12.6 Å². The highest BCUT2D eigenvalue weighted by atomic mass is 19.4. The van der Waals surface area contributed by atoms with Gasteiger partial charge in [0.1, 0.15) is 0 Å². The second kappa shape index (κ2) is 5.16. The second-order valence-corrected chi connectivity index (χ2v) is 3.77. The van der Waals surface area contributed by atoms with Crippen LogP contribution in [0.5, 0.6) is 11.5 Å². The lowest BCUT2D eigenvalue weighted by molar-refractivity contribution is -0.136. The van der Waals surface area contributed by atoms with Gasteiger partial charge in [0.05, 0.1) is 12.0 Å². The number of nitrogens with zero attached hydrogens (tertiary/aromatic N) is 1. The van der Waals surface area contributed by atoms with Crippen LogP contribution in [0.4, 0.5) is 13.2 Å². The van der Waals surface area contributed by atoms with Crippen molar-refractivity contribution in [3.8, 4) is 11.5 Å². The summed E-state index contributed by atoms with van der Waals surface area (Å²) in [6, 6.07) is 3.71. The number of carbonyl (C=O) groups is 1. The number of benzene rings is 1. The number of phenols is 2. The first-order chi connectivity index (χ1) is 8.22. The number of para-hydroxylation sites is 1. The predicted octanol–water partition coefficient (Wildman–Crippen LogP) is 2.12. The van der Waals surface area contributed by atoms with Crippen molar-refractivity contribution in [2.75, 3.05) is 13.6 Å². The Bertz CT molecular complexity index is 446. The maximum atomic E-state index is 12.0. The molecule has 2 N–H and O–H groups in total. The van der Waals surface area contributed by atoms with Crippen LogP contribution in [0.25, 0.3) is 0 Å². The highest BCUT2D eigenvalue weighted by Crippen LogP contribution is 2.29. The Morgan fingerprint density at radius 3 is 2.50 bits per heavy atom. The number of rotatable bonds is 3. The number of aromatic hydroxyl groups is 2. The molecular formula is C11H12F3NO3. The zero-order chi connectivity index (χ0) is 13.9. The van der Waals surface area contributed by atoms with Crippen molar-refractivity contribution >= 4 is 5.91 Å². The van der Waals surface area contributed by atoms with Gasteiger partial charge >= 0.3 is 6.18 Å². The van der Waals surface area contributed by atoms with Crippen molar-refractivity contribution in [1.82, 2.24) is 4.90 Å². The highest BCUT2D eigenvalue weighted by Gasteiger charge is 2.28. The molecule has 18 heavy (non-hydrogen) atoms. The maximum Gasteiger partial charge on any atom is 0.390 e. The Hall–Kier alpha value is -1.92. The van der Waals surface area contributed by atoms with E-state index in [1.165, 1.54) is 25.2 Å². The molecule has 0 radical (unpaired) electrons. The molecule has 0 aliphatic rings. The minimum atomic E-state index is -4.35. The van der Waals surface area contributed by atoms with Gasteiger partial charge in [-0.15, -0.1) is 0 Å². The summed E-state index contributed by atoms with van der Waals surface area (Å²) in [5.74, 6) is -1.92. The third-order valence-electron chi connectivity index (χ3n) is 2.32. The number of phenolic OH excluding ortho intramolecular Hbond substituents is 2. The summed E-state index contributed by atoms with van der Waals surface area (Å²) in [5.41, 5.74) is -0.236. The zero-order valence-corrected chi connectivity index (χ0v) is 9.53. The molecule has 0 bridgehead atoms. The fraction of sp³-hybridized carbons (Fsp3) is 0.364. The van der Waals surface area contributed by atoms with Crippen LogP contribution in [0.2, 0.25) is 0 Å². The summed E-state index contributed by atoms with van der Waals surface area (Å²) >= 11 is 0. The van der Waals surface area contributed by atoms with Gasteiger partial charge in [0.15, 0.2) is 11.5 Å². The Morgan fingerprint density at radius 1 is 1.33 bits per heavy atom. The first-order valence-electron chi connectivity index (χ1n) is 5.05. The Balaban J connectivity index is 2.78. The van der Waals surface area contributed by atoms with E-state index in [0.717, 1.165) is 4.90 Å². The van der Waals surface area contributed by atoms with Gasteiger partial charge in [-0.2, -0.15) is 13.2 Å². The molecule has 1 aromatic rings. The van der Waals surface area contributed by atoms with Gasteiger partial charge < -0.3 is 15.1 Å². The van der Waals surface area contributed by atoms with Gasteiger partial charge in [0.25, 0.3) is 5.91 Å². The number of alkyl halides is 3. The molecule has 0 saturated carbocycles. The van der Waals surface area contributed by atoms with E-state index >= 15 is 0 Å². The molecule has 0 aliphatic carbocycles. The monoisotopic (exact) mass is 263 g/mol.